The maximum absolute atomic E-state index is 10.8. The molecule has 0 aliphatic rings. The van der Waals surface area contributed by atoms with Gasteiger partial charge in [-0.2, -0.15) is 0 Å². The average Bonchev–Trinajstić information content (AvgIpc) is 2.52. The number of nitro groups is 1. The van der Waals surface area contributed by atoms with Crippen LogP contribution in [0, 0.1) is 10.1 Å². The number of halogens is 2. The topological polar surface area (TPSA) is 70.8 Å². The van der Waals surface area contributed by atoms with Crippen molar-refractivity contribution >= 4 is 28.9 Å². The second kappa shape index (κ2) is 7.89. The van der Waals surface area contributed by atoms with Gasteiger partial charge in [0, 0.05) is 11.1 Å². The van der Waals surface area contributed by atoms with E-state index in [9.17, 15) is 10.1 Å². The van der Waals surface area contributed by atoms with Crippen molar-refractivity contribution in [3.05, 3.63) is 56.6 Å². The smallest absolute Gasteiger partial charge is 0.273 e. The molecule has 0 saturated carbocycles. The first-order valence-electron chi connectivity index (χ1n) is 6.54. The van der Waals surface area contributed by atoms with Gasteiger partial charge in [-0.3, -0.25) is 10.1 Å². The lowest BCUT2D eigenvalue weighted by Crippen LogP contribution is -2.10. The minimum atomic E-state index is -0.504. The Kier molecular flexibility index (Phi) is 5.90. The highest BCUT2D eigenvalue weighted by molar-refractivity contribution is 6.35. The van der Waals surface area contributed by atoms with Gasteiger partial charge in [0.05, 0.1) is 23.1 Å². The van der Waals surface area contributed by atoms with Crippen LogP contribution in [0.4, 0.5) is 5.69 Å². The maximum atomic E-state index is 10.8. The summed E-state index contributed by atoms with van der Waals surface area (Å²) in [6.07, 6.45) is 0. The van der Waals surface area contributed by atoms with Crippen molar-refractivity contribution in [1.82, 2.24) is 0 Å². The van der Waals surface area contributed by atoms with E-state index in [1.165, 1.54) is 25.3 Å². The molecule has 2 aromatic rings. The first-order valence-corrected chi connectivity index (χ1v) is 7.30. The fourth-order valence-corrected chi connectivity index (χ4v) is 2.25. The summed E-state index contributed by atoms with van der Waals surface area (Å²) in [7, 11) is 1.46. The molecule has 0 atom stereocenters. The molecule has 6 nitrogen and oxygen atoms in total. The first kappa shape index (κ1) is 17.2. The van der Waals surface area contributed by atoms with Gasteiger partial charge in [0.2, 0.25) is 0 Å². The third kappa shape index (κ3) is 4.64. The highest BCUT2D eigenvalue weighted by atomic mass is 35.5. The SMILES string of the molecule is COc1ccc([N+](=O)[O-])cc1OCCOc1ccc(Cl)cc1Cl. The van der Waals surface area contributed by atoms with Gasteiger partial charge in [0.25, 0.3) is 5.69 Å². The zero-order valence-electron chi connectivity index (χ0n) is 12.1. The molecule has 0 fully saturated rings. The molecule has 0 aliphatic heterocycles. The van der Waals surface area contributed by atoms with Crippen molar-refractivity contribution in [3.63, 3.8) is 0 Å². The quantitative estimate of drug-likeness (QED) is 0.418. The fraction of sp³-hybridized carbons (Fsp3) is 0.200. The molecule has 0 heterocycles. The standard InChI is InChI=1S/C15H13Cl2NO5/c1-21-14-5-3-11(18(19)20)9-15(14)23-7-6-22-13-4-2-10(16)8-12(13)17/h2-5,8-9H,6-7H2,1H3. The van der Waals surface area contributed by atoms with Crippen LogP contribution in [-0.4, -0.2) is 25.2 Å². The van der Waals surface area contributed by atoms with Crippen LogP contribution in [0.3, 0.4) is 0 Å². The first-order chi connectivity index (χ1) is 11.0. The van der Waals surface area contributed by atoms with E-state index in [-0.39, 0.29) is 24.7 Å². The maximum Gasteiger partial charge on any atom is 0.273 e. The molecule has 0 bridgehead atoms. The van der Waals surface area contributed by atoms with Gasteiger partial charge in [-0.1, -0.05) is 23.2 Å². The Morgan fingerprint density at radius 1 is 1.00 bits per heavy atom. The van der Waals surface area contributed by atoms with Crippen molar-refractivity contribution in [3.8, 4) is 17.2 Å². The summed E-state index contributed by atoms with van der Waals surface area (Å²) in [4.78, 5) is 10.3. The van der Waals surface area contributed by atoms with Crippen LogP contribution in [0.5, 0.6) is 17.2 Å². The molecule has 23 heavy (non-hydrogen) atoms. The Morgan fingerprint density at radius 3 is 2.26 bits per heavy atom. The number of methoxy groups -OCH3 is 1. The molecule has 0 amide bonds. The molecule has 122 valence electrons. The molecular formula is C15H13Cl2NO5. The van der Waals surface area contributed by atoms with Crippen molar-refractivity contribution in [2.75, 3.05) is 20.3 Å². The van der Waals surface area contributed by atoms with Gasteiger partial charge in [0.15, 0.2) is 11.5 Å². The second-order valence-corrected chi connectivity index (χ2v) is 5.21. The van der Waals surface area contributed by atoms with E-state index in [1.54, 1.807) is 18.2 Å². The lowest BCUT2D eigenvalue weighted by atomic mass is 10.3. The summed E-state index contributed by atoms with van der Waals surface area (Å²) in [6, 6.07) is 9.00. The fourth-order valence-electron chi connectivity index (χ4n) is 1.79. The summed E-state index contributed by atoms with van der Waals surface area (Å²) in [5.41, 5.74) is -0.0811. The molecule has 0 saturated heterocycles. The number of ether oxygens (including phenoxy) is 3. The molecule has 0 aromatic heterocycles. The number of rotatable bonds is 7. The monoisotopic (exact) mass is 357 g/mol. The van der Waals surface area contributed by atoms with Crippen molar-refractivity contribution in [2.45, 2.75) is 0 Å². The molecule has 2 rings (SSSR count). The Balaban J connectivity index is 1.95. The summed E-state index contributed by atoms with van der Waals surface area (Å²) in [5.74, 6) is 1.15. The molecule has 0 unspecified atom stereocenters. The Bertz CT molecular complexity index is 708. The normalized spacial score (nSPS) is 10.2. The van der Waals surface area contributed by atoms with Crippen LogP contribution >= 0.6 is 23.2 Å². The Hall–Kier alpha value is -2.18. The molecular weight excluding hydrogens is 345 g/mol. The number of hydrogen-bond donors (Lipinski definition) is 0. The van der Waals surface area contributed by atoms with Crippen molar-refractivity contribution in [2.24, 2.45) is 0 Å². The highest BCUT2D eigenvalue weighted by Crippen LogP contribution is 2.31. The van der Waals surface area contributed by atoms with Gasteiger partial charge in [0.1, 0.15) is 19.0 Å². The summed E-state index contributed by atoms with van der Waals surface area (Å²) in [5, 5.41) is 11.7. The third-order valence-corrected chi connectivity index (χ3v) is 3.38. The molecule has 0 N–H and O–H groups in total. The lowest BCUT2D eigenvalue weighted by Gasteiger charge is -2.12. The van der Waals surface area contributed by atoms with E-state index in [0.29, 0.717) is 21.5 Å². The number of hydrogen-bond acceptors (Lipinski definition) is 5. The van der Waals surface area contributed by atoms with Crippen LogP contribution in [0.25, 0.3) is 0 Å². The van der Waals surface area contributed by atoms with E-state index >= 15 is 0 Å². The highest BCUT2D eigenvalue weighted by Gasteiger charge is 2.12. The second-order valence-electron chi connectivity index (χ2n) is 4.36. The zero-order chi connectivity index (χ0) is 16.8. The Morgan fingerprint density at radius 2 is 1.65 bits per heavy atom. The van der Waals surface area contributed by atoms with Crippen LogP contribution in [0.1, 0.15) is 0 Å². The minimum absolute atomic E-state index is 0.0811. The molecule has 0 aliphatic carbocycles. The van der Waals surface area contributed by atoms with Crippen molar-refractivity contribution < 1.29 is 19.1 Å². The lowest BCUT2D eigenvalue weighted by molar-refractivity contribution is -0.385. The van der Waals surface area contributed by atoms with Gasteiger partial charge < -0.3 is 14.2 Å². The van der Waals surface area contributed by atoms with Crippen LogP contribution in [-0.2, 0) is 0 Å². The predicted molar refractivity (Wildman–Crippen MR) is 87.1 cm³/mol. The molecule has 0 radical (unpaired) electrons. The van der Waals surface area contributed by atoms with Gasteiger partial charge in [-0.05, 0) is 24.3 Å². The van der Waals surface area contributed by atoms with E-state index in [1.807, 2.05) is 0 Å². The van der Waals surface area contributed by atoms with Crippen LogP contribution < -0.4 is 14.2 Å². The van der Waals surface area contributed by atoms with Gasteiger partial charge in [-0.25, -0.2) is 0 Å². The zero-order valence-corrected chi connectivity index (χ0v) is 13.6. The van der Waals surface area contributed by atoms with E-state index < -0.39 is 4.92 Å². The van der Waals surface area contributed by atoms with Gasteiger partial charge >= 0.3 is 0 Å². The van der Waals surface area contributed by atoms with E-state index in [2.05, 4.69) is 0 Å². The van der Waals surface area contributed by atoms with Crippen LogP contribution in [0.15, 0.2) is 36.4 Å². The molecule has 2 aromatic carbocycles. The van der Waals surface area contributed by atoms with Crippen molar-refractivity contribution in [1.29, 1.82) is 0 Å². The van der Waals surface area contributed by atoms with E-state index in [4.69, 9.17) is 37.4 Å². The summed E-state index contributed by atoms with van der Waals surface area (Å²) < 4.78 is 16.1. The average molecular weight is 358 g/mol. The number of nitrogens with zero attached hydrogens (tertiary/aromatic N) is 1. The largest absolute Gasteiger partial charge is 0.493 e. The van der Waals surface area contributed by atoms with Crippen LogP contribution in [0.2, 0.25) is 10.0 Å². The predicted octanol–water partition coefficient (Wildman–Crippen LogP) is 4.37. The number of non-ortho nitro benzene ring substituents is 1. The third-order valence-electron chi connectivity index (χ3n) is 2.85. The summed E-state index contributed by atoms with van der Waals surface area (Å²) in [6.45, 7) is 0.365. The molecule has 0 spiro atoms. The Labute approximate surface area is 142 Å². The van der Waals surface area contributed by atoms with E-state index in [0.717, 1.165) is 0 Å². The minimum Gasteiger partial charge on any atom is -0.493 e. The summed E-state index contributed by atoms with van der Waals surface area (Å²) >= 11 is 11.8. The number of benzene rings is 2. The van der Waals surface area contributed by atoms with Gasteiger partial charge in [-0.15, -0.1) is 0 Å². The molecule has 8 heteroatoms. The number of nitro benzene ring substituents is 1.